The maximum absolute atomic E-state index is 2.55. The summed E-state index contributed by atoms with van der Waals surface area (Å²) in [5, 5.41) is 2.63. The molecule has 27 heavy (non-hydrogen) atoms. The third kappa shape index (κ3) is 3.10. The SMILES string of the molecule is CCCN(c1ccc2c3ccccc3n(-c3ccccc3)c2c1)C(C)CC. The zero-order chi connectivity index (χ0) is 18.8. The van der Waals surface area contributed by atoms with Crippen LogP contribution in [0.15, 0.2) is 72.8 Å². The third-order valence-corrected chi connectivity index (χ3v) is 5.59. The minimum Gasteiger partial charge on any atom is -0.369 e. The number of hydrogen-bond donors (Lipinski definition) is 0. The van der Waals surface area contributed by atoms with E-state index in [4.69, 9.17) is 0 Å². The Labute approximate surface area is 162 Å². The number of benzene rings is 3. The summed E-state index contributed by atoms with van der Waals surface area (Å²) in [6.45, 7) is 7.94. The molecule has 138 valence electrons. The van der Waals surface area contributed by atoms with Crippen molar-refractivity contribution in [2.75, 3.05) is 11.4 Å². The summed E-state index contributed by atoms with van der Waals surface area (Å²) < 4.78 is 2.40. The van der Waals surface area contributed by atoms with Gasteiger partial charge in [-0.1, -0.05) is 56.3 Å². The lowest BCUT2D eigenvalue weighted by molar-refractivity contribution is 0.610. The maximum Gasteiger partial charge on any atom is 0.0561 e. The first-order valence-electron chi connectivity index (χ1n) is 10.1. The Morgan fingerprint density at radius 1 is 0.815 bits per heavy atom. The number of nitrogens with zero attached hydrogens (tertiary/aromatic N) is 2. The molecular formula is C25H28N2. The minimum atomic E-state index is 0.539. The Morgan fingerprint density at radius 2 is 1.52 bits per heavy atom. The normalized spacial score (nSPS) is 12.6. The summed E-state index contributed by atoms with van der Waals surface area (Å²) in [6.07, 6.45) is 2.31. The molecule has 2 nitrogen and oxygen atoms in total. The van der Waals surface area contributed by atoms with Crippen molar-refractivity contribution in [3.8, 4) is 5.69 Å². The zero-order valence-electron chi connectivity index (χ0n) is 16.5. The van der Waals surface area contributed by atoms with Gasteiger partial charge in [0, 0.05) is 34.7 Å². The van der Waals surface area contributed by atoms with Crippen LogP contribution in [0.5, 0.6) is 0 Å². The van der Waals surface area contributed by atoms with Crippen LogP contribution in [0, 0.1) is 0 Å². The molecular weight excluding hydrogens is 328 g/mol. The standard InChI is InChI=1S/C25H28N2/c1-4-17-26(19(3)5-2)21-15-16-23-22-13-9-10-14-24(22)27(25(23)18-21)20-11-7-6-8-12-20/h6-16,18-19H,4-5,17H2,1-3H3. The first-order valence-corrected chi connectivity index (χ1v) is 10.1. The van der Waals surface area contributed by atoms with E-state index in [-0.39, 0.29) is 0 Å². The lowest BCUT2D eigenvalue weighted by Gasteiger charge is -2.30. The van der Waals surface area contributed by atoms with E-state index in [2.05, 4.69) is 103 Å². The van der Waals surface area contributed by atoms with Gasteiger partial charge in [0.1, 0.15) is 0 Å². The van der Waals surface area contributed by atoms with Crippen LogP contribution in [0.1, 0.15) is 33.6 Å². The molecule has 1 atom stereocenters. The molecule has 0 spiro atoms. The Hall–Kier alpha value is -2.74. The van der Waals surface area contributed by atoms with Crippen molar-refractivity contribution in [1.29, 1.82) is 0 Å². The summed E-state index contributed by atoms with van der Waals surface area (Å²) >= 11 is 0. The molecule has 0 saturated carbocycles. The van der Waals surface area contributed by atoms with Gasteiger partial charge >= 0.3 is 0 Å². The van der Waals surface area contributed by atoms with Gasteiger partial charge in [0.2, 0.25) is 0 Å². The van der Waals surface area contributed by atoms with Gasteiger partial charge < -0.3 is 9.47 Å². The molecule has 0 N–H and O–H groups in total. The fraction of sp³-hybridized carbons (Fsp3) is 0.280. The van der Waals surface area contributed by atoms with E-state index in [1.54, 1.807) is 0 Å². The molecule has 0 amide bonds. The highest BCUT2D eigenvalue weighted by Gasteiger charge is 2.16. The van der Waals surface area contributed by atoms with Crippen LogP contribution in [-0.4, -0.2) is 17.2 Å². The maximum atomic E-state index is 2.55. The lowest BCUT2D eigenvalue weighted by atomic mass is 10.1. The Morgan fingerprint density at radius 3 is 2.26 bits per heavy atom. The molecule has 4 rings (SSSR count). The van der Waals surface area contributed by atoms with Crippen LogP contribution in [0.2, 0.25) is 0 Å². The number of rotatable bonds is 6. The Kier molecular flexibility index (Phi) is 4.89. The molecule has 0 bridgehead atoms. The fourth-order valence-corrected chi connectivity index (χ4v) is 4.06. The monoisotopic (exact) mass is 356 g/mol. The molecule has 0 aliphatic heterocycles. The second-order valence-electron chi connectivity index (χ2n) is 7.34. The van der Waals surface area contributed by atoms with Gasteiger partial charge in [0.05, 0.1) is 11.0 Å². The third-order valence-electron chi connectivity index (χ3n) is 5.59. The van der Waals surface area contributed by atoms with Crippen LogP contribution in [0.3, 0.4) is 0 Å². The van der Waals surface area contributed by atoms with Crippen LogP contribution in [0.4, 0.5) is 5.69 Å². The number of hydrogen-bond acceptors (Lipinski definition) is 1. The van der Waals surface area contributed by atoms with Crippen molar-refractivity contribution in [2.45, 2.75) is 39.7 Å². The number of para-hydroxylation sites is 2. The van der Waals surface area contributed by atoms with Crippen molar-refractivity contribution < 1.29 is 0 Å². The van der Waals surface area contributed by atoms with Crippen LogP contribution < -0.4 is 4.90 Å². The summed E-state index contributed by atoms with van der Waals surface area (Å²) in [5.41, 5.74) is 5.08. The highest BCUT2D eigenvalue weighted by molar-refractivity contribution is 6.10. The summed E-state index contributed by atoms with van der Waals surface area (Å²) in [6, 6.07) is 26.9. The van der Waals surface area contributed by atoms with Crippen molar-refractivity contribution >= 4 is 27.5 Å². The highest BCUT2D eigenvalue weighted by Crippen LogP contribution is 2.34. The van der Waals surface area contributed by atoms with Gasteiger partial charge in [-0.05, 0) is 50.1 Å². The molecule has 0 fully saturated rings. The molecule has 1 unspecified atom stereocenters. The smallest absolute Gasteiger partial charge is 0.0561 e. The first kappa shape index (κ1) is 17.7. The highest BCUT2D eigenvalue weighted by atomic mass is 15.2. The van der Waals surface area contributed by atoms with Crippen molar-refractivity contribution in [3.05, 3.63) is 72.8 Å². The molecule has 1 aromatic heterocycles. The molecule has 1 heterocycles. The van der Waals surface area contributed by atoms with Crippen molar-refractivity contribution in [3.63, 3.8) is 0 Å². The zero-order valence-corrected chi connectivity index (χ0v) is 16.5. The first-order chi connectivity index (χ1) is 13.2. The van der Waals surface area contributed by atoms with E-state index >= 15 is 0 Å². The van der Waals surface area contributed by atoms with Gasteiger partial charge in [-0.2, -0.15) is 0 Å². The summed E-state index contributed by atoms with van der Waals surface area (Å²) in [4.78, 5) is 2.55. The van der Waals surface area contributed by atoms with E-state index in [1.807, 2.05) is 0 Å². The molecule has 0 aliphatic rings. The molecule has 0 aliphatic carbocycles. The van der Waals surface area contributed by atoms with Gasteiger partial charge in [0.25, 0.3) is 0 Å². The largest absolute Gasteiger partial charge is 0.369 e. The van der Waals surface area contributed by atoms with E-state index in [0.29, 0.717) is 6.04 Å². The molecule has 0 radical (unpaired) electrons. The van der Waals surface area contributed by atoms with Crippen LogP contribution >= 0.6 is 0 Å². The Balaban J connectivity index is 1.99. The van der Waals surface area contributed by atoms with E-state index in [1.165, 1.54) is 33.2 Å². The van der Waals surface area contributed by atoms with Crippen LogP contribution in [0.25, 0.3) is 27.5 Å². The second kappa shape index (κ2) is 7.48. The number of anilines is 1. The van der Waals surface area contributed by atoms with Crippen LogP contribution in [-0.2, 0) is 0 Å². The topological polar surface area (TPSA) is 8.17 Å². The lowest BCUT2D eigenvalue weighted by Crippen LogP contribution is -2.33. The van der Waals surface area contributed by atoms with E-state index in [9.17, 15) is 0 Å². The van der Waals surface area contributed by atoms with Gasteiger partial charge in [-0.3, -0.25) is 0 Å². The van der Waals surface area contributed by atoms with Crippen molar-refractivity contribution in [1.82, 2.24) is 4.57 Å². The molecule has 0 saturated heterocycles. The summed E-state index contributed by atoms with van der Waals surface area (Å²) in [5.74, 6) is 0. The number of aromatic nitrogens is 1. The molecule has 2 heteroatoms. The van der Waals surface area contributed by atoms with Gasteiger partial charge in [-0.25, -0.2) is 0 Å². The number of fused-ring (bicyclic) bond motifs is 3. The molecule has 3 aromatic carbocycles. The minimum absolute atomic E-state index is 0.539. The average Bonchev–Trinajstić information content (AvgIpc) is 3.05. The quantitative estimate of drug-likeness (QED) is 0.369. The van der Waals surface area contributed by atoms with E-state index in [0.717, 1.165) is 19.4 Å². The Bertz CT molecular complexity index is 1050. The predicted octanol–water partition coefficient (Wildman–Crippen LogP) is 6.80. The van der Waals surface area contributed by atoms with Gasteiger partial charge in [-0.15, -0.1) is 0 Å². The van der Waals surface area contributed by atoms with Gasteiger partial charge in [0.15, 0.2) is 0 Å². The molecule has 4 aromatic rings. The van der Waals surface area contributed by atoms with E-state index < -0.39 is 0 Å². The summed E-state index contributed by atoms with van der Waals surface area (Å²) in [7, 11) is 0. The average molecular weight is 357 g/mol. The van der Waals surface area contributed by atoms with Crippen molar-refractivity contribution in [2.24, 2.45) is 0 Å². The second-order valence-corrected chi connectivity index (χ2v) is 7.34. The fourth-order valence-electron chi connectivity index (χ4n) is 4.06. The predicted molar refractivity (Wildman–Crippen MR) is 118 cm³/mol.